The highest BCUT2D eigenvalue weighted by Crippen LogP contribution is 2.37. The molecule has 1 amide bonds. The molecule has 1 N–H and O–H groups in total. The van der Waals surface area contributed by atoms with Gasteiger partial charge in [0, 0.05) is 16.1 Å². The second-order valence-electron chi connectivity index (χ2n) is 7.03. The Labute approximate surface area is 213 Å². The van der Waals surface area contributed by atoms with Crippen LogP contribution in [0.3, 0.4) is 0 Å². The fourth-order valence-corrected chi connectivity index (χ4v) is 3.87. The van der Waals surface area contributed by atoms with Crippen LogP contribution in [0.25, 0.3) is 0 Å². The number of benzene rings is 3. The number of nitrogens with one attached hydrogen (secondary N) is 1. The quantitative estimate of drug-likeness (QED) is 0.183. The number of hydrogen-bond donors (Lipinski definition) is 1. The highest BCUT2D eigenvalue weighted by molar-refractivity contribution is 9.10. The maximum atomic E-state index is 12.2. The average Bonchev–Trinajstić information content (AvgIpc) is 2.80. The first-order valence-corrected chi connectivity index (χ1v) is 11.8. The first-order valence-electron chi connectivity index (χ1n) is 10.2. The van der Waals surface area contributed by atoms with Crippen LogP contribution in [-0.4, -0.2) is 23.7 Å². The molecule has 0 unspecified atom stereocenters. The van der Waals surface area contributed by atoms with Crippen molar-refractivity contribution in [3.05, 3.63) is 96.4 Å². The average molecular weight is 591 g/mol. The van der Waals surface area contributed by atoms with Gasteiger partial charge < -0.3 is 9.47 Å². The molecular formula is C24H21Br2N3O5. The SMILES string of the molecule is CCOc1cc(/C=N/NC(=O)Cc2ccccc2[N+](=O)[O-])cc(Br)c1OCc1ccc(Br)cc1. The summed E-state index contributed by atoms with van der Waals surface area (Å²) in [6.45, 7) is 2.67. The monoisotopic (exact) mass is 589 g/mol. The van der Waals surface area contributed by atoms with Gasteiger partial charge in [0.05, 0.1) is 28.6 Å². The minimum absolute atomic E-state index is 0.106. The molecule has 0 radical (unpaired) electrons. The van der Waals surface area contributed by atoms with Gasteiger partial charge in [0.2, 0.25) is 5.91 Å². The summed E-state index contributed by atoms with van der Waals surface area (Å²) in [6, 6.07) is 17.5. The lowest BCUT2D eigenvalue weighted by Gasteiger charge is -2.14. The maximum absolute atomic E-state index is 12.2. The van der Waals surface area contributed by atoms with Crippen molar-refractivity contribution in [3.63, 3.8) is 0 Å². The third-order valence-corrected chi connectivity index (χ3v) is 5.69. The first-order chi connectivity index (χ1) is 16.4. The fraction of sp³-hybridized carbons (Fsp3) is 0.167. The Bertz CT molecular complexity index is 1200. The number of carbonyl (C=O) groups excluding carboxylic acids is 1. The van der Waals surface area contributed by atoms with Crippen LogP contribution < -0.4 is 14.9 Å². The molecule has 0 atom stereocenters. The normalized spacial score (nSPS) is 10.8. The van der Waals surface area contributed by atoms with Crippen LogP contribution in [0.1, 0.15) is 23.6 Å². The smallest absolute Gasteiger partial charge is 0.273 e. The van der Waals surface area contributed by atoms with Crippen LogP contribution in [0.2, 0.25) is 0 Å². The van der Waals surface area contributed by atoms with Gasteiger partial charge in [0.25, 0.3) is 5.69 Å². The lowest BCUT2D eigenvalue weighted by molar-refractivity contribution is -0.385. The summed E-state index contributed by atoms with van der Waals surface area (Å²) in [6.07, 6.45) is 1.30. The lowest BCUT2D eigenvalue weighted by Crippen LogP contribution is -2.20. The molecule has 0 aromatic heterocycles. The first kappa shape index (κ1) is 25.4. The number of rotatable bonds is 10. The molecule has 0 bridgehead atoms. The molecule has 0 saturated heterocycles. The molecule has 0 saturated carbocycles. The van der Waals surface area contributed by atoms with E-state index in [1.807, 2.05) is 31.2 Å². The molecule has 10 heteroatoms. The fourth-order valence-electron chi connectivity index (χ4n) is 3.03. The number of para-hydroxylation sites is 1. The number of carbonyl (C=O) groups is 1. The van der Waals surface area contributed by atoms with Gasteiger partial charge in [-0.15, -0.1) is 0 Å². The number of nitro benzene ring substituents is 1. The number of amides is 1. The Morgan fingerprint density at radius 3 is 2.56 bits per heavy atom. The van der Waals surface area contributed by atoms with Gasteiger partial charge in [-0.25, -0.2) is 5.43 Å². The second kappa shape index (κ2) is 12.3. The zero-order chi connectivity index (χ0) is 24.5. The Morgan fingerprint density at radius 2 is 1.85 bits per heavy atom. The Kier molecular flexibility index (Phi) is 9.17. The summed E-state index contributed by atoms with van der Waals surface area (Å²) in [4.78, 5) is 22.8. The minimum Gasteiger partial charge on any atom is -0.490 e. The molecule has 0 fully saturated rings. The zero-order valence-corrected chi connectivity index (χ0v) is 21.3. The molecule has 34 heavy (non-hydrogen) atoms. The van der Waals surface area contributed by atoms with E-state index in [-0.39, 0.29) is 12.1 Å². The summed E-state index contributed by atoms with van der Waals surface area (Å²) in [5.41, 5.74) is 4.28. The van der Waals surface area contributed by atoms with E-state index in [0.29, 0.717) is 40.3 Å². The number of hydrazone groups is 1. The molecule has 8 nitrogen and oxygen atoms in total. The second-order valence-corrected chi connectivity index (χ2v) is 8.80. The van der Waals surface area contributed by atoms with E-state index in [2.05, 4.69) is 42.4 Å². The summed E-state index contributed by atoms with van der Waals surface area (Å²) >= 11 is 6.93. The van der Waals surface area contributed by atoms with Crippen LogP contribution in [0.15, 0.2) is 74.7 Å². The summed E-state index contributed by atoms with van der Waals surface area (Å²) in [5, 5.41) is 15.1. The van der Waals surface area contributed by atoms with E-state index in [1.54, 1.807) is 30.3 Å². The molecule has 0 heterocycles. The van der Waals surface area contributed by atoms with Crippen molar-refractivity contribution in [2.24, 2.45) is 5.10 Å². The molecule has 0 aliphatic heterocycles. The third-order valence-electron chi connectivity index (χ3n) is 4.57. The molecule has 176 valence electrons. The van der Waals surface area contributed by atoms with Crippen molar-refractivity contribution in [1.29, 1.82) is 0 Å². The molecule has 3 aromatic carbocycles. The van der Waals surface area contributed by atoms with Gasteiger partial charge in [0.15, 0.2) is 11.5 Å². The largest absolute Gasteiger partial charge is 0.490 e. The van der Waals surface area contributed by atoms with E-state index in [0.717, 1.165) is 10.0 Å². The number of ether oxygens (including phenoxy) is 2. The predicted molar refractivity (Wildman–Crippen MR) is 136 cm³/mol. The predicted octanol–water partition coefficient (Wildman–Crippen LogP) is 5.79. The standard InChI is InChI=1S/C24H21Br2N3O5/c1-2-33-22-12-17(11-20(26)24(22)34-15-16-7-9-19(25)10-8-16)14-27-28-23(30)13-18-5-3-4-6-21(18)29(31)32/h3-12,14H,2,13,15H2,1H3,(H,28,30)/b27-14+. The molecule has 0 spiro atoms. The van der Waals surface area contributed by atoms with Crippen molar-refractivity contribution in [3.8, 4) is 11.5 Å². The highest BCUT2D eigenvalue weighted by Gasteiger charge is 2.15. The zero-order valence-electron chi connectivity index (χ0n) is 18.2. The Morgan fingerprint density at radius 1 is 1.12 bits per heavy atom. The third kappa shape index (κ3) is 7.13. The van der Waals surface area contributed by atoms with Crippen molar-refractivity contribution >= 4 is 49.7 Å². The van der Waals surface area contributed by atoms with E-state index in [9.17, 15) is 14.9 Å². The van der Waals surface area contributed by atoms with Crippen molar-refractivity contribution < 1.29 is 19.2 Å². The van der Waals surface area contributed by atoms with Gasteiger partial charge in [-0.05, 0) is 58.2 Å². The summed E-state index contributed by atoms with van der Waals surface area (Å²) < 4.78 is 13.4. The minimum atomic E-state index is -0.515. The van der Waals surface area contributed by atoms with Gasteiger partial charge in [0.1, 0.15) is 6.61 Å². The summed E-state index contributed by atoms with van der Waals surface area (Å²) in [7, 11) is 0. The van der Waals surface area contributed by atoms with Gasteiger partial charge in [-0.1, -0.05) is 46.3 Å². The topological polar surface area (TPSA) is 103 Å². The molecular weight excluding hydrogens is 570 g/mol. The maximum Gasteiger partial charge on any atom is 0.273 e. The lowest BCUT2D eigenvalue weighted by atomic mass is 10.1. The molecule has 3 rings (SSSR count). The van der Waals surface area contributed by atoms with Crippen LogP contribution in [0, 0.1) is 10.1 Å². The van der Waals surface area contributed by atoms with Crippen LogP contribution >= 0.6 is 31.9 Å². The van der Waals surface area contributed by atoms with Crippen LogP contribution in [-0.2, 0) is 17.8 Å². The Balaban J connectivity index is 1.67. The number of hydrogen-bond acceptors (Lipinski definition) is 6. The van der Waals surface area contributed by atoms with Crippen molar-refractivity contribution in [2.75, 3.05) is 6.61 Å². The molecule has 0 aliphatic carbocycles. The van der Waals surface area contributed by atoms with Crippen molar-refractivity contribution in [2.45, 2.75) is 20.0 Å². The summed E-state index contributed by atoms with van der Waals surface area (Å²) in [5.74, 6) is 0.619. The van der Waals surface area contributed by atoms with E-state index < -0.39 is 10.8 Å². The number of nitro groups is 1. The van der Waals surface area contributed by atoms with Crippen molar-refractivity contribution in [1.82, 2.24) is 5.43 Å². The van der Waals surface area contributed by atoms with E-state index >= 15 is 0 Å². The van der Waals surface area contributed by atoms with E-state index in [1.165, 1.54) is 12.3 Å². The van der Waals surface area contributed by atoms with Gasteiger partial charge >= 0.3 is 0 Å². The molecule has 0 aliphatic rings. The number of nitrogens with zero attached hydrogens (tertiary/aromatic N) is 2. The molecule has 3 aromatic rings. The van der Waals surface area contributed by atoms with E-state index in [4.69, 9.17) is 9.47 Å². The van der Waals surface area contributed by atoms with Gasteiger partial charge in [-0.3, -0.25) is 14.9 Å². The van der Waals surface area contributed by atoms with Crippen LogP contribution in [0.4, 0.5) is 5.69 Å². The number of halogens is 2. The highest BCUT2D eigenvalue weighted by atomic mass is 79.9. The Hall–Kier alpha value is -3.24. The van der Waals surface area contributed by atoms with Crippen LogP contribution in [0.5, 0.6) is 11.5 Å². The van der Waals surface area contributed by atoms with Gasteiger partial charge in [-0.2, -0.15) is 5.10 Å².